The fourth-order valence-corrected chi connectivity index (χ4v) is 4.06. The zero-order valence-electron chi connectivity index (χ0n) is 11.6. The molecule has 0 N–H and O–H groups in total. The molecule has 2 nitrogen and oxygen atoms in total. The van der Waals surface area contributed by atoms with Gasteiger partial charge in [0.1, 0.15) is 0 Å². The van der Waals surface area contributed by atoms with Gasteiger partial charge in [0.2, 0.25) is 0 Å². The highest BCUT2D eigenvalue weighted by molar-refractivity contribution is 5.47. The number of rotatable bonds is 3. The molecule has 2 bridgehead atoms. The van der Waals surface area contributed by atoms with Gasteiger partial charge < -0.3 is 9.64 Å². The third kappa shape index (κ3) is 1.83. The average molecular weight is 245 g/mol. The summed E-state index contributed by atoms with van der Waals surface area (Å²) in [4.78, 5) is 2.16. The third-order valence-electron chi connectivity index (χ3n) is 4.95. The summed E-state index contributed by atoms with van der Waals surface area (Å²) in [6.07, 6.45) is 4.51. The van der Waals surface area contributed by atoms with Gasteiger partial charge >= 0.3 is 0 Å². The minimum absolute atomic E-state index is 0.502. The number of nitrogens with zero attached hydrogens (tertiary/aromatic N) is 1. The molecule has 0 spiro atoms. The Kier molecular flexibility index (Phi) is 3.06. The fraction of sp³-hybridized carbons (Fsp3) is 0.625. The SMILES string of the molecule is CO[C@@H]1C[C@H]2CC[C@@H]1[C@@H]2c1ccc(N(C)C)cc1. The maximum absolute atomic E-state index is 5.65. The van der Waals surface area contributed by atoms with Crippen LogP contribution in [0.1, 0.15) is 30.7 Å². The van der Waals surface area contributed by atoms with Crippen molar-refractivity contribution in [2.75, 3.05) is 26.1 Å². The number of benzene rings is 1. The number of ether oxygens (including phenoxy) is 1. The average Bonchev–Trinajstić information content (AvgIpc) is 2.95. The Morgan fingerprint density at radius 2 is 1.83 bits per heavy atom. The van der Waals surface area contributed by atoms with Crippen molar-refractivity contribution in [3.05, 3.63) is 29.8 Å². The van der Waals surface area contributed by atoms with Crippen molar-refractivity contribution < 1.29 is 4.74 Å². The van der Waals surface area contributed by atoms with Crippen LogP contribution in [0.15, 0.2) is 24.3 Å². The maximum Gasteiger partial charge on any atom is 0.0608 e. The first-order chi connectivity index (χ1) is 8.70. The van der Waals surface area contributed by atoms with Crippen molar-refractivity contribution in [3.63, 3.8) is 0 Å². The Morgan fingerprint density at radius 1 is 1.11 bits per heavy atom. The minimum atomic E-state index is 0.502. The van der Waals surface area contributed by atoms with Crippen molar-refractivity contribution in [2.45, 2.75) is 31.3 Å². The normalized spacial score (nSPS) is 33.9. The first-order valence-electron chi connectivity index (χ1n) is 7.01. The molecule has 4 atom stereocenters. The molecule has 0 heterocycles. The molecule has 0 aromatic heterocycles. The number of hydrogen-bond donors (Lipinski definition) is 0. The summed E-state index contributed by atoms with van der Waals surface area (Å²) >= 11 is 0. The second-order valence-corrected chi connectivity index (χ2v) is 6.02. The predicted octanol–water partition coefficient (Wildman–Crippen LogP) is 3.28. The predicted molar refractivity (Wildman–Crippen MR) is 75.1 cm³/mol. The molecular formula is C16H23NO. The molecule has 0 amide bonds. The Bertz CT molecular complexity index is 412. The molecule has 18 heavy (non-hydrogen) atoms. The van der Waals surface area contributed by atoms with E-state index in [4.69, 9.17) is 4.74 Å². The van der Waals surface area contributed by atoms with Crippen LogP contribution in [0, 0.1) is 11.8 Å². The highest BCUT2D eigenvalue weighted by atomic mass is 16.5. The van der Waals surface area contributed by atoms with Gasteiger partial charge in [0.15, 0.2) is 0 Å². The van der Waals surface area contributed by atoms with E-state index in [2.05, 4.69) is 43.3 Å². The van der Waals surface area contributed by atoms with Crippen molar-refractivity contribution in [1.82, 2.24) is 0 Å². The van der Waals surface area contributed by atoms with Crippen LogP contribution in [0.4, 0.5) is 5.69 Å². The molecule has 2 aliphatic carbocycles. The van der Waals surface area contributed by atoms with Crippen molar-refractivity contribution in [1.29, 1.82) is 0 Å². The number of fused-ring (bicyclic) bond motifs is 2. The minimum Gasteiger partial charge on any atom is -0.381 e. The van der Waals surface area contributed by atoms with Crippen molar-refractivity contribution in [2.24, 2.45) is 11.8 Å². The van der Waals surface area contributed by atoms with Crippen LogP contribution >= 0.6 is 0 Å². The summed E-state index contributed by atoms with van der Waals surface area (Å²) in [6.45, 7) is 0. The van der Waals surface area contributed by atoms with E-state index in [0.29, 0.717) is 6.10 Å². The quantitative estimate of drug-likeness (QED) is 0.810. The van der Waals surface area contributed by atoms with Gasteiger partial charge in [-0.15, -0.1) is 0 Å². The van der Waals surface area contributed by atoms with Gasteiger partial charge in [0.05, 0.1) is 6.10 Å². The number of hydrogen-bond acceptors (Lipinski definition) is 2. The van der Waals surface area contributed by atoms with Crippen LogP contribution in [0.2, 0.25) is 0 Å². The van der Waals surface area contributed by atoms with Gasteiger partial charge in [-0.3, -0.25) is 0 Å². The van der Waals surface area contributed by atoms with Crippen LogP contribution in [0.25, 0.3) is 0 Å². The lowest BCUT2D eigenvalue weighted by Crippen LogP contribution is -2.19. The lowest BCUT2D eigenvalue weighted by atomic mass is 9.89. The maximum atomic E-state index is 5.65. The lowest BCUT2D eigenvalue weighted by Gasteiger charge is -2.21. The van der Waals surface area contributed by atoms with Crippen LogP contribution in [-0.2, 0) is 4.74 Å². The summed E-state index contributed by atoms with van der Waals surface area (Å²) in [5, 5.41) is 0. The van der Waals surface area contributed by atoms with E-state index in [-0.39, 0.29) is 0 Å². The fourth-order valence-electron chi connectivity index (χ4n) is 4.06. The molecule has 2 aliphatic rings. The molecular weight excluding hydrogens is 222 g/mol. The van der Waals surface area contributed by atoms with Crippen LogP contribution in [-0.4, -0.2) is 27.3 Å². The monoisotopic (exact) mass is 245 g/mol. The molecule has 2 saturated carbocycles. The highest BCUT2D eigenvalue weighted by Gasteiger charge is 2.48. The van der Waals surface area contributed by atoms with Crippen LogP contribution in [0.5, 0.6) is 0 Å². The van der Waals surface area contributed by atoms with Gasteiger partial charge in [0, 0.05) is 26.9 Å². The Labute approximate surface area is 110 Å². The summed E-state index contributed by atoms with van der Waals surface area (Å²) < 4.78 is 5.65. The zero-order chi connectivity index (χ0) is 12.7. The zero-order valence-corrected chi connectivity index (χ0v) is 11.6. The molecule has 3 rings (SSSR count). The van der Waals surface area contributed by atoms with Gasteiger partial charge in [0.25, 0.3) is 0 Å². The van der Waals surface area contributed by atoms with E-state index < -0.39 is 0 Å². The Hall–Kier alpha value is -1.02. The van der Waals surface area contributed by atoms with Crippen LogP contribution < -0.4 is 4.90 Å². The molecule has 0 radical (unpaired) electrons. The van der Waals surface area contributed by atoms with Gasteiger partial charge in [-0.05, 0) is 54.7 Å². The molecule has 2 heteroatoms. The van der Waals surface area contributed by atoms with E-state index in [1.165, 1.54) is 30.5 Å². The number of anilines is 1. The molecule has 0 aliphatic heterocycles. The van der Waals surface area contributed by atoms with E-state index in [1.54, 1.807) is 0 Å². The van der Waals surface area contributed by atoms with Gasteiger partial charge in [-0.25, -0.2) is 0 Å². The largest absolute Gasteiger partial charge is 0.381 e. The molecule has 0 unspecified atom stereocenters. The summed E-state index contributed by atoms with van der Waals surface area (Å²) in [6, 6.07) is 9.14. The summed E-state index contributed by atoms with van der Waals surface area (Å²) in [7, 11) is 6.06. The Morgan fingerprint density at radius 3 is 2.39 bits per heavy atom. The van der Waals surface area contributed by atoms with E-state index in [0.717, 1.165) is 17.8 Å². The van der Waals surface area contributed by atoms with Gasteiger partial charge in [-0.2, -0.15) is 0 Å². The number of methoxy groups -OCH3 is 1. The second-order valence-electron chi connectivity index (χ2n) is 6.02. The summed E-state index contributed by atoms with van der Waals surface area (Å²) in [5.74, 6) is 2.35. The van der Waals surface area contributed by atoms with Crippen LogP contribution in [0.3, 0.4) is 0 Å². The summed E-state index contributed by atoms with van der Waals surface area (Å²) in [5.41, 5.74) is 2.81. The smallest absolute Gasteiger partial charge is 0.0608 e. The molecule has 98 valence electrons. The first kappa shape index (κ1) is 12.0. The standard InChI is InChI=1S/C16H23NO/c1-17(2)13-7-4-11(5-8-13)16-12-6-9-14(16)15(10-12)18-3/h4-5,7-8,12,14-16H,6,9-10H2,1-3H3/t12-,14+,15-,16-/m1/s1. The molecule has 0 saturated heterocycles. The second kappa shape index (κ2) is 4.58. The third-order valence-corrected chi connectivity index (χ3v) is 4.95. The van der Waals surface area contributed by atoms with E-state index >= 15 is 0 Å². The first-order valence-corrected chi connectivity index (χ1v) is 7.01. The highest BCUT2D eigenvalue weighted by Crippen LogP contribution is 2.55. The van der Waals surface area contributed by atoms with E-state index in [1.807, 2.05) is 7.11 Å². The topological polar surface area (TPSA) is 12.5 Å². The lowest BCUT2D eigenvalue weighted by molar-refractivity contribution is 0.0555. The molecule has 1 aromatic rings. The molecule has 2 fully saturated rings. The Balaban J connectivity index is 1.83. The van der Waals surface area contributed by atoms with E-state index in [9.17, 15) is 0 Å². The molecule has 1 aromatic carbocycles. The van der Waals surface area contributed by atoms with Gasteiger partial charge in [-0.1, -0.05) is 12.1 Å². The van der Waals surface area contributed by atoms with Crippen molar-refractivity contribution >= 4 is 5.69 Å². The van der Waals surface area contributed by atoms with Crippen molar-refractivity contribution in [3.8, 4) is 0 Å².